The molecule has 8 nitrogen and oxygen atoms in total. The predicted octanol–water partition coefficient (Wildman–Crippen LogP) is 6.57. The third-order valence-electron chi connectivity index (χ3n) is 5.93. The van der Waals surface area contributed by atoms with E-state index in [4.69, 9.17) is 53.8 Å². The van der Waals surface area contributed by atoms with Gasteiger partial charge in [-0.15, -0.1) is 0 Å². The summed E-state index contributed by atoms with van der Waals surface area (Å²) in [6.45, 7) is 0.0481. The van der Waals surface area contributed by atoms with Gasteiger partial charge < -0.3 is 24.3 Å². The maximum absolute atomic E-state index is 12.7. The molecular formula is C30H27Cl3N2O6. The first kappa shape index (κ1) is 30.2. The first-order valence-corrected chi connectivity index (χ1v) is 13.7. The second-order valence-electron chi connectivity index (χ2n) is 8.93. The molecule has 3 aromatic carbocycles. The number of methoxy groups -OCH3 is 1. The number of nitrogens with one attached hydrogen (secondary N) is 1. The molecule has 214 valence electrons. The van der Waals surface area contributed by atoms with Gasteiger partial charge in [0.1, 0.15) is 31.4 Å². The maximum atomic E-state index is 12.7. The van der Waals surface area contributed by atoms with Crippen molar-refractivity contribution in [2.75, 3.05) is 13.7 Å². The molecule has 0 spiro atoms. The highest BCUT2D eigenvalue weighted by molar-refractivity contribution is 6.67. The van der Waals surface area contributed by atoms with Gasteiger partial charge in [-0.05, 0) is 28.8 Å². The molecule has 41 heavy (non-hydrogen) atoms. The van der Waals surface area contributed by atoms with Gasteiger partial charge in [-0.25, -0.2) is 9.59 Å². The molecule has 1 amide bonds. The number of carbonyl (C=O) groups excluding carboxylic acids is 2. The number of hydrogen-bond donors (Lipinski definition) is 1. The van der Waals surface area contributed by atoms with Crippen LogP contribution in [0.1, 0.15) is 16.7 Å². The second-order valence-corrected chi connectivity index (χ2v) is 11.4. The van der Waals surface area contributed by atoms with Gasteiger partial charge in [-0.2, -0.15) is 0 Å². The fourth-order valence-corrected chi connectivity index (χ4v) is 4.19. The number of ether oxygens (including phenoxy) is 4. The number of hydrogen-bond acceptors (Lipinski definition) is 7. The molecule has 0 unspecified atom stereocenters. The molecule has 4 rings (SSSR count). The minimum atomic E-state index is -1.81. The van der Waals surface area contributed by atoms with Crippen molar-refractivity contribution >= 4 is 57.8 Å². The molecule has 0 aliphatic rings. The van der Waals surface area contributed by atoms with Crippen molar-refractivity contribution in [3.8, 4) is 11.5 Å². The lowest BCUT2D eigenvalue weighted by atomic mass is 9.99. The Hall–Kier alpha value is -3.72. The van der Waals surface area contributed by atoms with Crippen molar-refractivity contribution in [3.05, 3.63) is 102 Å². The van der Waals surface area contributed by atoms with Crippen LogP contribution >= 0.6 is 34.8 Å². The van der Waals surface area contributed by atoms with Gasteiger partial charge in [0.25, 0.3) is 0 Å². The van der Waals surface area contributed by atoms with Crippen LogP contribution in [0, 0.1) is 0 Å². The minimum Gasteiger partial charge on any atom is -0.485 e. The van der Waals surface area contributed by atoms with Crippen LogP contribution < -0.4 is 14.8 Å². The Labute approximate surface area is 252 Å². The van der Waals surface area contributed by atoms with E-state index in [1.165, 1.54) is 7.11 Å². The van der Waals surface area contributed by atoms with E-state index in [2.05, 4.69) is 10.3 Å². The summed E-state index contributed by atoms with van der Waals surface area (Å²) >= 11 is 17.0. The van der Waals surface area contributed by atoms with E-state index in [1.54, 1.807) is 18.3 Å². The second kappa shape index (κ2) is 14.3. The molecule has 0 saturated heterocycles. The molecule has 1 atom stereocenters. The fourth-order valence-electron chi connectivity index (χ4n) is 4.03. The number of rotatable bonds is 11. The number of carbonyl (C=O) groups is 2. The summed E-state index contributed by atoms with van der Waals surface area (Å²) in [5, 5.41) is 3.19. The topological polar surface area (TPSA) is 96.0 Å². The van der Waals surface area contributed by atoms with Gasteiger partial charge in [0.05, 0.1) is 7.11 Å². The van der Waals surface area contributed by atoms with E-state index < -0.39 is 28.5 Å². The number of alkyl carbamates (subject to hydrolysis) is 1. The van der Waals surface area contributed by atoms with Gasteiger partial charge in [0.15, 0.2) is 11.5 Å². The van der Waals surface area contributed by atoms with E-state index >= 15 is 0 Å². The van der Waals surface area contributed by atoms with Crippen molar-refractivity contribution in [2.24, 2.45) is 0 Å². The van der Waals surface area contributed by atoms with Crippen LogP contribution in [0.15, 0.2) is 85.1 Å². The molecule has 11 heteroatoms. The summed E-state index contributed by atoms with van der Waals surface area (Å²) < 4.78 is 20.6. The summed E-state index contributed by atoms with van der Waals surface area (Å²) in [6.07, 6.45) is 0.725. The summed E-state index contributed by atoms with van der Waals surface area (Å²) in [7, 11) is 1.22. The van der Waals surface area contributed by atoms with E-state index in [0.717, 1.165) is 11.1 Å². The highest BCUT2D eigenvalue weighted by Gasteiger charge is 2.28. The monoisotopic (exact) mass is 616 g/mol. The average Bonchev–Trinajstić information content (AvgIpc) is 2.98. The summed E-state index contributed by atoms with van der Waals surface area (Å²) in [4.78, 5) is 29.7. The smallest absolute Gasteiger partial charge is 0.408 e. The molecule has 0 aliphatic carbocycles. The Kier molecular flexibility index (Phi) is 10.5. The van der Waals surface area contributed by atoms with Crippen LogP contribution in [-0.4, -0.2) is 40.6 Å². The fraction of sp³-hybridized carbons (Fsp3) is 0.233. The lowest BCUT2D eigenvalue weighted by molar-refractivity contribution is -0.142. The minimum absolute atomic E-state index is 0.0262. The standard InChI is InChI=1S/C30H27Cl3N2O6/c1-38-28(36)24(35-29(37)41-19-30(31,32)33)15-22-16-25(39-17-20-9-4-2-5-10-20)27(26-23(22)13-8-14-34-26)40-18-21-11-6-3-7-12-21/h2-14,16,24H,15,17-19H2,1H3,(H,35,37)/t24-/m0/s1. The molecular weight excluding hydrogens is 591 g/mol. The Morgan fingerprint density at radius 1 is 0.902 bits per heavy atom. The molecule has 0 radical (unpaired) electrons. The quantitative estimate of drug-likeness (QED) is 0.150. The molecule has 1 heterocycles. The van der Waals surface area contributed by atoms with Crippen molar-refractivity contribution in [1.82, 2.24) is 10.3 Å². The third-order valence-corrected chi connectivity index (χ3v) is 6.26. The normalized spacial score (nSPS) is 11.9. The lowest BCUT2D eigenvalue weighted by Crippen LogP contribution is -2.44. The van der Waals surface area contributed by atoms with Crippen molar-refractivity contribution < 1.29 is 28.5 Å². The van der Waals surface area contributed by atoms with Crippen molar-refractivity contribution in [2.45, 2.75) is 29.5 Å². The molecule has 4 aromatic rings. The lowest BCUT2D eigenvalue weighted by Gasteiger charge is -2.21. The molecule has 0 aliphatic heterocycles. The van der Waals surface area contributed by atoms with Gasteiger partial charge in [-0.3, -0.25) is 4.98 Å². The summed E-state index contributed by atoms with van der Waals surface area (Å²) in [5.41, 5.74) is 3.11. The Bertz CT molecular complexity index is 1470. The van der Waals surface area contributed by atoms with Crippen molar-refractivity contribution in [1.29, 1.82) is 0 Å². The highest BCUT2D eigenvalue weighted by atomic mass is 35.6. The van der Waals surface area contributed by atoms with Crippen LogP contribution in [0.5, 0.6) is 11.5 Å². The predicted molar refractivity (Wildman–Crippen MR) is 158 cm³/mol. The van der Waals surface area contributed by atoms with Gasteiger partial charge in [0, 0.05) is 18.0 Å². The number of pyridine rings is 1. The Morgan fingerprint density at radius 3 is 2.15 bits per heavy atom. The number of alkyl halides is 3. The average molecular weight is 618 g/mol. The zero-order valence-corrected chi connectivity index (χ0v) is 24.3. The molecule has 0 fully saturated rings. The largest absolute Gasteiger partial charge is 0.485 e. The van der Waals surface area contributed by atoms with E-state index in [-0.39, 0.29) is 19.6 Å². The van der Waals surface area contributed by atoms with Gasteiger partial charge in [-0.1, -0.05) is 102 Å². The van der Waals surface area contributed by atoms with Crippen LogP contribution in [0.25, 0.3) is 10.9 Å². The van der Waals surface area contributed by atoms with E-state index in [9.17, 15) is 9.59 Å². The number of esters is 1. The number of halogens is 3. The van der Waals surface area contributed by atoms with E-state index in [1.807, 2.05) is 66.7 Å². The maximum Gasteiger partial charge on any atom is 0.408 e. The van der Waals surface area contributed by atoms with Crippen LogP contribution in [0.2, 0.25) is 0 Å². The first-order valence-electron chi connectivity index (χ1n) is 12.6. The van der Waals surface area contributed by atoms with Gasteiger partial charge >= 0.3 is 12.1 Å². The summed E-state index contributed by atoms with van der Waals surface area (Å²) in [6, 6.07) is 23.7. The number of aromatic nitrogens is 1. The van der Waals surface area contributed by atoms with Crippen LogP contribution in [0.4, 0.5) is 4.79 Å². The Morgan fingerprint density at radius 2 is 1.54 bits per heavy atom. The summed E-state index contributed by atoms with van der Waals surface area (Å²) in [5.74, 6) is 0.186. The molecule has 1 N–H and O–H groups in total. The van der Waals surface area contributed by atoms with Crippen LogP contribution in [0.3, 0.4) is 0 Å². The number of amides is 1. The zero-order valence-electron chi connectivity index (χ0n) is 22.0. The SMILES string of the molecule is COC(=O)[C@H](Cc1cc(OCc2ccccc2)c(OCc2ccccc2)c2ncccc12)NC(=O)OCC(Cl)(Cl)Cl. The molecule has 0 bridgehead atoms. The van der Waals surface area contributed by atoms with Crippen molar-refractivity contribution in [3.63, 3.8) is 0 Å². The third kappa shape index (κ3) is 8.88. The van der Waals surface area contributed by atoms with Gasteiger partial charge in [0.2, 0.25) is 3.79 Å². The number of benzene rings is 3. The van der Waals surface area contributed by atoms with Crippen LogP contribution in [-0.2, 0) is 33.9 Å². The van der Waals surface area contributed by atoms with E-state index in [0.29, 0.717) is 28.0 Å². The number of fused-ring (bicyclic) bond motifs is 1. The molecule has 0 saturated carbocycles. The Balaban J connectivity index is 1.69. The zero-order chi connectivity index (χ0) is 29.2. The highest BCUT2D eigenvalue weighted by Crippen LogP contribution is 2.38. The first-order chi connectivity index (χ1) is 19.7. The number of nitrogens with zero attached hydrogens (tertiary/aromatic N) is 1. The molecule has 1 aromatic heterocycles.